The van der Waals surface area contributed by atoms with Gasteiger partial charge in [0.05, 0.1) is 6.61 Å². The monoisotopic (exact) mass is 268 g/mol. The molecule has 0 spiro atoms. The van der Waals surface area contributed by atoms with Crippen LogP contribution in [0, 0.1) is 5.41 Å². The molecule has 0 aromatic rings. The Morgan fingerprint density at radius 2 is 2.00 bits per heavy atom. The molecule has 3 heteroatoms. The molecule has 2 unspecified atom stereocenters. The molecular formula is C16H32N2O. The number of hydrogen-bond acceptors (Lipinski definition) is 3. The van der Waals surface area contributed by atoms with E-state index in [4.69, 9.17) is 0 Å². The lowest BCUT2D eigenvalue weighted by molar-refractivity contribution is 0.143. The molecule has 19 heavy (non-hydrogen) atoms. The minimum atomic E-state index is 0.00123. The summed E-state index contributed by atoms with van der Waals surface area (Å²) >= 11 is 0. The van der Waals surface area contributed by atoms with Crippen LogP contribution >= 0.6 is 0 Å². The molecular weight excluding hydrogens is 236 g/mol. The number of likely N-dealkylation sites (N-methyl/N-ethyl adjacent to an activating group) is 1. The molecule has 1 saturated heterocycles. The topological polar surface area (TPSA) is 35.5 Å². The molecule has 3 nitrogen and oxygen atoms in total. The van der Waals surface area contributed by atoms with Gasteiger partial charge in [0.1, 0.15) is 0 Å². The highest BCUT2D eigenvalue weighted by molar-refractivity contribution is 4.99. The van der Waals surface area contributed by atoms with Gasteiger partial charge in [-0.1, -0.05) is 20.8 Å². The van der Waals surface area contributed by atoms with E-state index < -0.39 is 0 Å². The Morgan fingerprint density at radius 3 is 2.68 bits per heavy atom. The van der Waals surface area contributed by atoms with E-state index in [2.05, 4.69) is 31.0 Å². The average Bonchev–Trinajstić information content (AvgIpc) is 2.70. The van der Waals surface area contributed by atoms with Gasteiger partial charge in [-0.05, 0) is 63.6 Å². The summed E-state index contributed by atoms with van der Waals surface area (Å²) in [7, 11) is 0. The third-order valence-electron chi connectivity index (χ3n) is 5.33. The van der Waals surface area contributed by atoms with E-state index in [0.717, 1.165) is 19.4 Å². The van der Waals surface area contributed by atoms with E-state index in [0.29, 0.717) is 11.5 Å². The van der Waals surface area contributed by atoms with Gasteiger partial charge in [0.25, 0.3) is 0 Å². The number of aliphatic hydroxyl groups is 1. The van der Waals surface area contributed by atoms with Crippen molar-refractivity contribution in [2.75, 3.05) is 26.2 Å². The fourth-order valence-corrected chi connectivity index (χ4v) is 3.95. The molecule has 0 aromatic heterocycles. The summed E-state index contributed by atoms with van der Waals surface area (Å²) in [4.78, 5) is 2.70. The SMILES string of the molecule is CCNC1(CO)CCC(N2CCCC(C)(C)CC2)C1. The zero-order chi connectivity index (χ0) is 13.9. The van der Waals surface area contributed by atoms with Gasteiger partial charge in [-0.15, -0.1) is 0 Å². The summed E-state index contributed by atoms with van der Waals surface area (Å²) in [6.07, 6.45) is 7.50. The number of aliphatic hydroxyl groups excluding tert-OH is 1. The number of likely N-dealkylation sites (tertiary alicyclic amines) is 1. The van der Waals surface area contributed by atoms with Gasteiger partial charge >= 0.3 is 0 Å². The first-order valence-electron chi connectivity index (χ1n) is 8.10. The Bertz CT molecular complexity index is 292. The molecule has 1 saturated carbocycles. The van der Waals surface area contributed by atoms with Crippen LogP contribution in [0.5, 0.6) is 0 Å². The molecule has 1 aliphatic heterocycles. The van der Waals surface area contributed by atoms with Gasteiger partial charge < -0.3 is 15.3 Å². The second-order valence-corrected chi connectivity index (χ2v) is 7.42. The quantitative estimate of drug-likeness (QED) is 0.822. The van der Waals surface area contributed by atoms with Gasteiger partial charge in [-0.25, -0.2) is 0 Å². The van der Waals surface area contributed by atoms with Crippen molar-refractivity contribution in [1.82, 2.24) is 10.2 Å². The molecule has 2 atom stereocenters. The van der Waals surface area contributed by atoms with Crippen LogP contribution in [0.15, 0.2) is 0 Å². The van der Waals surface area contributed by atoms with Crippen LogP contribution in [-0.2, 0) is 0 Å². The van der Waals surface area contributed by atoms with Crippen molar-refractivity contribution in [3.8, 4) is 0 Å². The van der Waals surface area contributed by atoms with E-state index in [1.807, 2.05) is 0 Å². The summed E-state index contributed by atoms with van der Waals surface area (Å²) in [6.45, 7) is 10.7. The summed E-state index contributed by atoms with van der Waals surface area (Å²) < 4.78 is 0. The molecule has 0 aromatic carbocycles. The zero-order valence-electron chi connectivity index (χ0n) is 13.0. The maximum Gasteiger partial charge on any atom is 0.0613 e. The molecule has 2 N–H and O–H groups in total. The van der Waals surface area contributed by atoms with Crippen molar-refractivity contribution < 1.29 is 5.11 Å². The highest BCUT2D eigenvalue weighted by Gasteiger charge is 2.40. The Balaban J connectivity index is 1.93. The molecule has 112 valence electrons. The van der Waals surface area contributed by atoms with Crippen LogP contribution in [0.25, 0.3) is 0 Å². The maximum absolute atomic E-state index is 9.72. The van der Waals surface area contributed by atoms with Crippen molar-refractivity contribution in [2.24, 2.45) is 5.41 Å². The third-order valence-corrected chi connectivity index (χ3v) is 5.33. The summed E-state index contributed by atoms with van der Waals surface area (Å²) in [5.74, 6) is 0. The highest BCUT2D eigenvalue weighted by atomic mass is 16.3. The lowest BCUT2D eigenvalue weighted by Gasteiger charge is -2.32. The van der Waals surface area contributed by atoms with Crippen molar-refractivity contribution in [1.29, 1.82) is 0 Å². The first kappa shape index (κ1) is 15.3. The van der Waals surface area contributed by atoms with E-state index in [1.54, 1.807) is 0 Å². The van der Waals surface area contributed by atoms with Crippen molar-refractivity contribution in [3.63, 3.8) is 0 Å². The fourth-order valence-electron chi connectivity index (χ4n) is 3.95. The molecule has 0 amide bonds. The minimum absolute atomic E-state index is 0.00123. The number of nitrogens with zero attached hydrogens (tertiary/aromatic N) is 1. The van der Waals surface area contributed by atoms with Crippen LogP contribution in [0.2, 0.25) is 0 Å². The third kappa shape index (κ3) is 3.71. The second-order valence-electron chi connectivity index (χ2n) is 7.42. The smallest absolute Gasteiger partial charge is 0.0613 e. The van der Waals surface area contributed by atoms with Crippen LogP contribution in [0.1, 0.15) is 59.3 Å². The van der Waals surface area contributed by atoms with Gasteiger partial charge in [0, 0.05) is 11.6 Å². The Kier molecular flexibility index (Phi) is 4.91. The summed E-state index contributed by atoms with van der Waals surface area (Å²) in [6, 6.07) is 0.681. The Hall–Kier alpha value is -0.120. The molecule has 1 heterocycles. The lowest BCUT2D eigenvalue weighted by atomic mass is 9.85. The summed E-state index contributed by atoms with van der Waals surface area (Å²) in [5.41, 5.74) is 0.518. The first-order valence-corrected chi connectivity index (χ1v) is 8.10. The zero-order valence-corrected chi connectivity index (χ0v) is 13.0. The summed E-state index contributed by atoms with van der Waals surface area (Å²) in [5, 5.41) is 13.3. The predicted octanol–water partition coefficient (Wildman–Crippen LogP) is 2.39. The number of rotatable bonds is 4. The molecule has 1 aliphatic carbocycles. The van der Waals surface area contributed by atoms with Crippen LogP contribution in [0.3, 0.4) is 0 Å². The molecule has 0 bridgehead atoms. The minimum Gasteiger partial charge on any atom is -0.394 e. The molecule has 0 radical (unpaired) electrons. The van der Waals surface area contributed by atoms with Crippen LogP contribution in [0.4, 0.5) is 0 Å². The lowest BCUT2D eigenvalue weighted by Crippen LogP contribution is -2.48. The Labute approximate surface area is 118 Å². The average molecular weight is 268 g/mol. The van der Waals surface area contributed by atoms with Crippen molar-refractivity contribution in [3.05, 3.63) is 0 Å². The van der Waals surface area contributed by atoms with Gasteiger partial charge in [-0.2, -0.15) is 0 Å². The van der Waals surface area contributed by atoms with E-state index >= 15 is 0 Å². The van der Waals surface area contributed by atoms with Gasteiger partial charge in [0.2, 0.25) is 0 Å². The number of nitrogens with one attached hydrogen (secondary N) is 1. The largest absolute Gasteiger partial charge is 0.394 e. The highest BCUT2D eigenvalue weighted by Crippen LogP contribution is 2.36. The predicted molar refractivity (Wildman–Crippen MR) is 80.3 cm³/mol. The van der Waals surface area contributed by atoms with E-state index in [9.17, 15) is 5.11 Å². The Morgan fingerprint density at radius 1 is 1.21 bits per heavy atom. The molecule has 2 aliphatic rings. The van der Waals surface area contributed by atoms with Gasteiger partial charge in [0.15, 0.2) is 0 Å². The number of hydrogen-bond donors (Lipinski definition) is 2. The standard InChI is InChI=1S/C16H32N2O/c1-4-17-16(13-19)8-6-14(12-16)18-10-5-7-15(2,3)9-11-18/h14,17,19H,4-13H2,1-3H3. The maximum atomic E-state index is 9.72. The molecule has 2 rings (SSSR count). The van der Waals surface area contributed by atoms with Crippen LogP contribution < -0.4 is 5.32 Å². The first-order chi connectivity index (χ1) is 9.00. The van der Waals surface area contributed by atoms with E-state index in [1.165, 1.54) is 38.8 Å². The van der Waals surface area contributed by atoms with Crippen LogP contribution in [-0.4, -0.2) is 47.8 Å². The van der Waals surface area contributed by atoms with Crippen molar-refractivity contribution in [2.45, 2.75) is 70.9 Å². The van der Waals surface area contributed by atoms with E-state index in [-0.39, 0.29) is 12.1 Å². The van der Waals surface area contributed by atoms with Gasteiger partial charge in [-0.3, -0.25) is 0 Å². The molecule has 2 fully saturated rings. The normalized spacial score (nSPS) is 36.3. The fraction of sp³-hybridized carbons (Fsp3) is 1.00. The van der Waals surface area contributed by atoms with Crippen molar-refractivity contribution >= 4 is 0 Å². The second kappa shape index (κ2) is 6.11.